The number of para-hydroxylation sites is 2. The van der Waals surface area contributed by atoms with Crippen LogP contribution in [0.15, 0.2) is 65.1 Å². The number of benzene rings is 2. The first-order valence-corrected chi connectivity index (χ1v) is 9.49. The van der Waals surface area contributed by atoms with Gasteiger partial charge in [0.05, 0.1) is 6.04 Å². The van der Waals surface area contributed by atoms with Crippen molar-refractivity contribution < 1.29 is 23.5 Å². The summed E-state index contributed by atoms with van der Waals surface area (Å²) < 4.78 is 10.7. The Bertz CT molecular complexity index is 998. The monoisotopic (exact) mass is 409 g/mol. The van der Waals surface area contributed by atoms with Gasteiger partial charge in [0.2, 0.25) is 0 Å². The Kier molecular flexibility index (Phi) is 6.69. The Labute approximate surface area is 173 Å². The van der Waals surface area contributed by atoms with Gasteiger partial charge in [-0.2, -0.15) is 0 Å². The molecular weight excluding hydrogens is 386 g/mol. The van der Waals surface area contributed by atoms with Crippen LogP contribution < -0.4 is 16.0 Å². The molecule has 0 unspecified atom stereocenters. The minimum atomic E-state index is -0.922. The SMILES string of the molecule is C[C@H](NC(=O)Nc1ccccc1)C(=O)OCC(=O)N[C@H](C)c1cc2ccccc2o1. The summed E-state index contributed by atoms with van der Waals surface area (Å²) in [5.74, 6) is -0.592. The maximum Gasteiger partial charge on any atom is 0.328 e. The number of rotatable bonds is 7. The van der Waals surface area contributed by atoms with Crippen LogP contribution in [0, 0.1) is 0 Å². The fourth-order valence-corrected chi connectivity index (χ4v) is 2.78. The fraction of sp³-hybridized carbons (Fsp3) is 0.227. The highest BCUT2D eigenvalue weighted by molar-refractivity contribution is 5.92. The molecule has 1 heterocycles. The number of hydrogen-bond acceptors (Lipinski definition) is 5. The highest BCUT2D eigenvalue weighted by Gasteiger charge is 2.20. The standard InChI is InChI=1S/C22H23N3O5/c1-14(19-12-16-8-6-7-11-18(16)30-19)23-20(26)13-29-21(27)15(2)24-22(28)25-17-9-4-3-5-10-17/h3-12,14-15H,13H2,1-2H3,(H,23,26)(H2,24,25,28)/t14-,15+/m1/s1. The van der Waals surface area contributed by atoms with Crippen molar-refractivity contribution in [2.45, 2.75) is 25.9 Å². The number of furan rings is 1. The predicted molar refractivity (Wildman–Crippen MR) is 112 cm³/mol. The third-order valence-electron chi connectivity index (χ3n) is 4.33. The molecule has 0 aliphatic carbocycles. The van der Waals surface area contributed by atoms with E-state index in [1.165, 1.54) is 6.92 Å². The van der Waals surface area contributed by atoms with Gasteiger partial charge in [0.1, 0.15) is 17.4 Å². The molecule has 3 aromatic rings. The number of carbonyl (C=O) groups is 3. The van der Waals surface area contributed by atoms with Crippen molar-refractivity contribution in [3.8, 4) is 0 Å². The number of carbonyl (C=O) groups excluding carboxylic acids is 3. The number of hydrogen-bond donors (Lipinski definition) is 3. The molecule has 8 heteroatoms. The minimum Gasteiger partial charge on any atom is -0.459 e. The smallest absolute Gasteiger partial charge is 0.328 e. The Morgan fingerprint density at radius 1 is 0.967 bits per heavy atom. The van der Waals surface area contributed by atoms with Crippen molar-refractivity contribution in [1.29, 1.82) is 0 Å². The second kappa shape index (κ2) is 9.60. The number of esters is 1. The molecular formula is C22H23N3O5. The lowest BCUT2D eigenvalue weighted by Gasteiger charge is -2.15. The van der Waals surface area contributed by atoms with Crippen molar-refractivity contribution in [3.05, 3.63) is 66.4 Å². The highest BCUT2D eigenvalue weighted by Crippen LogP contribution is 2.23. The van der Waals surface area contributed by atoms with Crippen LogP contribution in [0.2, 0.25) is 0 Å². The average molecular weight is 409 g/mol. The van der Waals surface area contributed by atoms with Crippen molar-refractivity contribution >= 4 is 34.6 Å². The van der Waals surface area contributed by atoms with Crippen LogP contribution in [-0.2, 0) is 14.3 Å². The Morgan fingerprint density at radius 3 is 2.40 bits per heavy atom. The molecule has 2 atom stereocenters. The van der Waals surface area contributed by atoms with Gasteiger partial charge < -0.3 is 25.1 Å². The second-order valence-corrected chi connectivity index (χ2v) is 6.77. The van der Waals surface area contributed by atoms with Crippen LogP contribution in [-0.4, -0.2) is 30.6 Å². The van der Waals surface area contributed by atoms with Crippen LogP contribution >= 0.6 is 0 Å². The lowest BCUT2D eigenvalue weighted by molar-refractivity contribution is -0.150. The molecule has 3 N–H and O–H groups in total. The molecule has 3 rings (SSSR count). The Morgan fingerprint density at radius 2 is 1.67 bits per heavy atom. The average Bonchev–Trinajstić information content (AvgIpc) is 3.17. The molecule has 156 valence electrons. The summed E-state index contributed by atoms with van der Waals surface area (Å²) in [6.07, 6.45) is 0. The van der Waals surface area contributed by atoms with Crippen molar-refractivity contribution in [3.63, 3.8) is 0 Å². The molecule has 0 aliphatic rings. The first-order chi connectivity index (χ1) is 14.4. The van der Waals surface area contributed by atoms with Gasteiger partial charge >= 0.3 is 12.0 Å². The van der Waals surface area contributed by atoms with Crippen LogP contribution in [0.1, 0.15) is 25.6 Å². The zero-order chi connectivity index (χ0) is 21.5. The molecule has 30 heavy (non-hydrogen) atoms. The summed E-state index contributed by atoms with van der Waals surface area (Å²) in [4.78, 5) is 36.1. The summed E-state index contributed by atoms with van der Waals surface area (Å²) in [6.45, 7) is 2.78. The maximum atomic E-state index is 12.1. The summed E-state index contributed by atoms with van der Waals surface area (Å²) in [6, 6.07) is 16.3. The normalized spacial score (nSPS) is 12.6. The van der Waals surface area contributed by atoms with E-state index < -0.39 is 36.6 Å². The summed E-state index contributed by atoms with van der Waals surface area (Å²) >= 11 is 0. The van der Waals surface area contributed by atoms with E-state index in [1.807, 2.05) is 36.4 Å². The molecule has 3 amide bonds. The number of nitrogens with one attached hydrogen (secondary N) is 3. The number of fused-ring (bicyclic) bond motifs is 1. The maximum absolute atomic E-state index is 12.1. The predicted octanol–water partition coefficient (Wildman–Crippen LogP) is 3.36. The third-order valence-corrected chi connectivity index (χ3v) is 4.33. The van der Waals surface area contributed by atoms with Gasteiger partial charge in [0, 0.05) is 11.1 Å². The van der Waals surface area contributed by atoms with Gasteiger partial charge in [0.25, 0.3) is 5.91 Å². The summed E-state index contributed by atoms with van der Waals surface area (Å²) in [5, 5.41) is 8.72. The molecule has 1 aromatic heterocycles. The number of anilines is 1. The van der Waals surface area contributed by atoms with E-state index in [0.717, 1.165) is 11.0 Å². The lowest BCUT2D eigenvalue weighted by Crippen LogP contribution is -2.43. The first kappa shape index (κ1) is 20.9. The highest BCUT2D eigenvalue weighted by atomic mass is 16.5. The van der Waals surface area contributed by atoms with Gasteiger partial charge in [0.15, 0.2) is 6.61 Å². The van der Waals surface area contributed by atoms with E-state index in [-0.39, 0.29) is 0 Å². The van der Waals surface area contributed by atoms with Crippen LogP contribution in [0.25, 0.3) is 11.0 Å². The zero-order valence-corrected chi connectivity index (χ0v) is 16.7. The molecule has 8 nitrogen and oxygen atoms in total. The lowest BCUT2D eigenvalue weighted by atomic mass is 10.2. The molecule has 0 fully saturated rings. The van der Waals surface area contributed by atoms with Crippen molar-refractivity contribution in [2.24, 2.45) is 0 Å². The van der Waals surface area contributed by atoms with E-state index in [2.05, 4.69) is 16.0 Å². The van der Waals surface area contributed by atoms with Gasteiger partial charge in [-0.1, -0.05) is 36.4 Å². The quantitative estimate of drug-likeness (QED) is 0.519. The van der Waals surface area contributed by atoms with Gasteiger partial charge in [-0.25, -0.2) is 9.59 Å². The third kappa shape index (κ3) is 5.60. The molecule has 2 aromatic carbocycles. The zero-order valence-electron chi connectivity index (χ0n) is 16.7. The molecule has 0 radical (unpaired) electrons. The first-order valence-electron chi connectivity index (χ1n) is 9.49. The summed E-state index contributed by atoms with van der Waals surface area (Å²) in [7, 11) is 0. The number of amides is 3. The van der Waals surface area contributed by atoms with Gasteiger partial charge in [-0.15, -0.1) is 0 Å². The van der Waals surface area contributed by atoms with Gasteiger partial charge in [-0.3, -0.25) is 4.79 Å². The van der Waals surface area contributed by atoms with E-state index in [4.69, 9.17) is 9.15 Å². The van der Waals surface area contributed by atoms with E-state index in [1.54, 1.807) is 31.2 Å². The van der Waals surface area contributed by atoms with Crippen LogP contribution in [0.3, 0.4) is 0 Å². The Balaban J connectivity index is 1.43. The molecule has 0 saturated heterocycles. The number of ether oxygens (including phenoxy) is 1. The van der Waals surface area contributed by atoms with E-state index in [9.17, 15) is 14.4 Å². The number of urea groups is 1. The summed E-state index contributed by atoms with van der Waals surface area (Å²) in [5.41, 5.74) is 1.32. The van der Waals surface area contributed by atoms with Crippen molar-refractivity contribution in [2.75, 3.05) is 11.9 Å². The Hall–Kier alpha value is -3.81. The topological polar surface area (TPSA) is 110 Å². The van der Waals surface area contributed by atoms with Crippen LogP contribution in [0.5, 0.6) is 0 Å². The molecule has 0 spiro atoms. The molecule has 0 aliphatic heterocycles. The van der Waals surface area contributed by atoms with Crippen LogP contribution in [0.4, 0.5) is 10.5 Å². The van der Waals surface area contributed by atoms with Crippen molar-refractivity contribution in [1.82, 2.24) is 10.6 Å². The van der Waals surface area contributed by atoms with E-state index >= 15 is 0 Å². The second-order valence-electron chi connectivity index (χ2n) is 6.77. The minimum absolute atomic E-state index is 0.393. The fourth-order valence-electron chi connectivity index (χ4n) is 2.78. The molecule has 0 saturated carbocycles. The largest absolute Gasteiger partial charge is 0.459 e. The molecule has 0 bridgehead atoms. The van der Waals surface area contributed by atoms with Gasteiger partial charge in [-0.05, 0) is 38.1 Å². The van der Waals surface area contributed by atoms with E-state index in [0.29, 0.717) is 11.4 Å².